The van der Waals surface area contributed by atoms with Gasteiger partial charge in [-0.05, 0) is 39.5 Å². The zero-order valence-corrected chi connectivity index (χ0v) is 18.4. The zero-order valence-electron chi connectivity index (χ0n) is 18.4. The van der Waals surface area contributed by atoms with Crippen molar-refractivity contribution >= 4 is 11.6 Å². The Labute approximate surface area is 173 Å². The summed E-state index contributed by atoms with van der Waals surface area (Å²) >= 11 is 0. The fourth-order valence-corrected chi connectivity index (χ4v) is 3.85. The first-order chi connectivity index (χ1) is 13.4. The van der Waals surface area contributed by atoms with Crippen LogP contribution in [-0.2, 0) is 23.7 Å². The van der Waals surface area contributed by atoms with E-state index in [0.717, 1.165) is 23.1 Å². The molecule has 2 aromatic carbocycles. The highest BCUT2D eigenvalue weighted by Gasteiger charge is 2.31. The molecule has 0 saturated carbocycles. The maximum absolute atomic E-state index is 13.2. The molecule has 0 N–H and O–H groups in total. The van der Waals surface area contributed by atoms with Crippen LogP contribution >= 0.6 is 0 Å². The van der Waals surface area contributed by atoms with Crippen LogP contribution in [0.5, 0.6) is 0 Å². The minimum atomic E-state index is -1.32. The van der Waals surface area contributed by atoms with Gasteiger partial charge in [0, 0.05) is 24.0 Å². The zero-order chi connectivity index (χ0) is 21.6. The smallest absolute Gasteiger partial charge is 0.197 e. The van der Waals surface area contributed by atoms with Crippen molar-refractivity contribution in [2.45, 2.75) is 77.8 Å². The number of benzene rings is 2. The normalized spacial score (nSPS) is 18.2. The first-order valence-electron chi connectivity index (χ1n) is 10.4. The van der Waals surface area contributed by atoms with Crippen LogP contribution in [0.25, 0.3) is 0 Å². The molecule has 4 rings (SSSR count). The number of rotatable bonds is 0. The third-order valence-electron chi connectivity index (χ3n) is 5.81. The maximum atomic E-state index is 13.2. The topological polar surface area (TPSA) is 34.1 Å². The molecule has 2 aromatic rings. The first-order valence-corrected chi connectivity index (χ1v) is 10.4. The summed E-state index contributed by atoms with van der Waals surface area (Å²) in [5.41, 5.74) is 6.32. The highest BCUT2D eigenvalue weighted by Crippen LogP contribution is 2.30. The maximum Gasteiger partial charge on any atom is 0.197 e. The molecule has 2 aliphatic carbocycles. The number of carbonyl (C=O) groups excluding carboxylic acids is 2. The molecule has 3 heteroatoms. The highest BCUT2D eigenvalue weighted by molar-refractivity contribution is 6.03. The Morgan fingerprint density at radius 1 is 0.759 bits per heavy atom. The Kier molecular flexibility index (Phi) is 5.55. The van der Waals surface area contributed by atoms with Crippen molar-refractivity contribution < 1.29 is 14.0 Å². The van der Waals surface area contributed by atoms with Crippen LogP contribution in [0.1, 0.15) is 90.9 Å². The first kappa shape index (κ1) is 21.4. The molecule has 1 atom stereocenters. The van der Waals surface area contributed by atoms with E-state index in [1.807, 2.05) is 18.2 Å². The van der Waals surface area contributed by atoms with Gasteiger partial charge in [0.05, 0.1) is 0 Å². The van der Waals surface area contributed by atoms with Gasteiger partial charge in [-0.15, -0.1) is 0 Å². The van der Waals surface area contributed by atoms with E-state index in [4.69, 9.17) is 0 Å². The van der Waals surface area contributed by atoms with Gasteiger partial charge >= 0.3 is 0 Å². The molecular weight excluding hydrogens is 363 g/mol. The largest absolute Gasteiger partial charge is 0.294 e. The third-order valence-corrected chi connectivity index (χ3v) is 5.81. The summed E-state index contributed by atoms with van der Waals surface area (Å²) in [4.78, 5) is 22.8. The van der Waals surface area contributed by atoms with E-state index in [2.05, 4.69) is 53.7 Å². The van der Waals surface area contributed by atoms with Crippen LogP contribution in [0.3, 0.4) is 0 Å². The lowest BCUT2D eigenvalue weighted by Crippen LogP contribution is -2.11. The summed E-state index contributed by atoms with van der Waals surface area (Å²) in [6.45, 7) is 12.9. The van der Waals surface area contributed by atoms with E-state index in [1.54, 1.807) is 6.07 Å². The summed E-state index contributed by atoms with van der Waals surface area (Å²) in [5, 5.41) is 0. The van der Waals surface area contributed by atoms with E-state index >= 15 is 0 Å². The molecule has 154 valence electrons. The summed E-state index contributed by atoms with van der Waals surface area (Å²) in [7, 11) is 0. The van der Waals surface area contributed by atoms with Crippen molar-refractivity contribution in [1.82, 2.24) is 0 Å². The number of halogens is 1. The van der Waals surface area contributed by atoms with Gasteiger partial charge in [0.1, 0.15) is 0 Å². The average Bonchev–Trinajstić information content (AvgIpc) is 3.13. The van der Waals surface area contributed by atoms with Crippen LogP contribution in [0.15, 0.2) is 36.4 Å². The minimum Gasteiger partial charge on any atom is -0.294 e. The monoisotopic (exact) mass is 394 g/mol. The second-order valence-electron chi connectivity index (χ2n) is 10.2. The summed E-state index contributed by atoms with van der Waals surface area (Å²) < 4.78 is 13.2. The van der Waals surface area contributed by atoms with E-state index < -0.39 is 6.17 Å². The Morgan fingerprint density at radius 2 is 1.28 bits per heavy atom. The van der Waals surface area contributed by atoms with Gasteiger partial charge in [-0.1, -0.05) is 77.9 Å². The van der Waals surface area contributed by atoms with Gasteiger partial charge in [0.15, 0.2) is 17.7 Å². The predicted octanol–water partition coefficient (Wildman–Crippen LogP) is 6.17. The quantitative estimate of drug-likeness (QED) is 0.535. The molecule has 0 saturated heterocycles. The van der Waals surface area contributed by atoms with Gasteiger partial charge in [-0.2, -0.15) is 0 Å². The molecule has 0 aliphatic heterocycles. The van der Waals surface area contributed by atoms with Crippen LogP contribution in [0.2, 0.25) is 0 Å². The Bertz CT molecular complexity index is 958. The summed E-state index contributed by atoms with van der Waals surface area (Å²) in [6.07, 6.45) is 0.550. The van der Waals surface area contributed by atoms with E-state index in [9.17, 15) is 14.0 Å². The lowest BCUT2D eigenvalue weighted by molar-refractivity contribution is 0.0898. The van der Waals surface area contributed by atoms with Crippen molar-refractivity contribution in [1.29, 1.82) is 0 Å². The molecular formula is C26H31FO2. The van der Waals surface area contributed by atoms with Crippen molar-refractivity contribution in [3.63, 3.8) is 0 Å². The third kappa shape index (κ3) is 4.49. The lowest BCUT2D eigenvalue weighted by Gasteiger charge is -2.19. The van der Waals surface area contributed by atoms with Gasteiger partial charge < -0.3 is 0 Å². The van der Waals surface area contributed by atoms with Gasteiger partial charge in [0.25, 0.3) is 0 Å². The molecule has 0 aromatic heterocycles. The SMILES string of the molecule is CC(C)(C)c1ccc2c(c1)CC(F)C2=O.CC(C)(C)c1ccc2c(c1)CCC2=O. The number of alkyl halides is 1. The molecule has 29 heavy (non-hydrogen) atoms. The van der Waals surface area contributed by atoms with Crippen LogP contribution in [0.4, 0.5) is 4.39 Å². The number of aryl methyl sites for hydroxylation is 1. The fourth-order valence-electron chi connectivity index (χ4n) is 3.85. The molecule has 0 fully saturated rings. The van der Waals surface area contributed by atoms with Gasteiger partial charge in [0.2, 0.25) is 0 Å². The summed E-state index contributed by atoms with van der Waals surface area (Å²) in [6, 6.07) is 11.9. The summed E-state index contributed by atoms with van der Waals surface area (Å²) in [5.74, 6) is -0.0501. The Morgan fingerprint density at radius 3 is 1.83 bits per heavy atom. The number of Topliss-reactive ketones (excluding diaryl/α,β-unsaturated/α-hetero) is 2. The van der Waals surface area contributed by atoms with Crippen molar-refractivity contribution in [2.75, 3.05) is 0 Å². The molecule has 2 aliphatic rings. The minimum absolute atomic E-state index is 0.0481. The van der Waals surface area contributed by atoms with E-state index in [1.165, 1.54) is 11.1 Å². The number of ketones is 2. The second-order valence-corrected chi connectivity index (χ2v) is 10.2. The number of fused-ring (bicyclic) bond motifs is 2. The number of carbonyl (C=O) groups is 2. The van der Waals surface area contributed by atoms with E-state index in [0.29, 0.717) is 17.8 Å². The molecule has 2 nitrogen and oxygen atoms in total. The fraction of sp³-hybridized carbons (Fsp3) is 0.462. The van der Waals surface area contributed by atoms with Gasteiger partial charge in [-0.25, -0.2) is 4.39 Å². The van der Waals surface area contributed by atoms with Crippen LogP contribution in [0, 0.1) is 0 Å². The molecule has 0 amide bonds. The Hall–Kier alpha value is -2.29. The lowest BCUT2D eigenvalue weighted by atomic mass is 9.85. The second kappa shape index (κ2) is 7.51. The van der Waals surface area contributed by atoms with Crippen molar-refractivity contribution in [2.24, 2.45) is 0 Å². The van der Waals surface area contributed by atoms with Crippen molar-refractivity contribution in [3.05, 3.63) is 69.8 Å². The molecule has 0 spiro atoms. The van der Waals surface area contributed by atoms with Crippen LogP contribution < -0.4 is 0 Å². The molecule has 0 radical (unpaired) electrons. The number of hydrogen-bond donors (Lipinski definition) is 0. The Balaban J connectivity index is 0.000000166. The predicted molar refractivity (Wildman–Crippen MR) is 116 cm³/mol. The van der Waals surface area contributed by atoms with E-state index in [-0.39, 0.29) is 23.0 Å². The highest BCUT2D eigenvalue weighted by atomic mass is 19.1. The molecule has 1 unspecified atom stereocenters. The molecule has 0 heterocycles. The number of hydrogen-bond acceptors (Lipinski definition) is 2. The average molecular weight is 395 g/mol. The molecule has 0 bridgehead atoms. The van der Waals surface area contributed by atoms with Crippen LogP contribution in [-0.4, -0.2) is 17.7 Å². The van der Waals surface area contributed by atoms with Crippen molar-refractivity contribution in [3.8, 4) is 0 Å². The van der Waals surface area contributed by atoms with Gasteiger partial charge in [-0.3, -0.25) is 9.59 Å². The standard InChI is InChI=1S/C13H15FO.C13H16O/c1-13(2,3)9-4-5-10-8(6-9)7-11(14)12(10)15;1-13(2,3)10-5-6-11-9(8-10)4-7-12(11)14/h4-6,11H,7H2,1-3H3;5-6,8H,4,7H2,1-3H3.